The highest BCUT2D eigenvalue weighted by atomic mass is 16.8. The molecule has 0 unspecified atom stereocenters. The van der Waals surface area contributed by atoms with Gasteiger partial charge in [-0.3, -0.25) is 4.68 Å². The minimum absolute atomic E-state index is 0.414. The standard InChI is InChI=1S/C7H10N3O3/c1-12-10(11)6-4-8-9-2-3-13-5-7(6)9/h4H,2-3,5H2,1H3/q+1. The Balaban J connectivity index is 2.36. The molecule has 0 fully saturated rings. The van der Waals surface area contributed by atoms with Crippen LogP contribution in [0.1, 0.15) is 5.69 Å². The maximum absolute atomic E-state index is 11.1. The normalized spacial score (nSPS) is 15.2. The van der Waals surface area contributed by atoms with Gasteiger partial charge in [-0.05, 0) is 0 Å². The summed E-state index contributed by atoms with van der Waals surface area (Å²) in [6.45, 7) is 1.74. The van der Waals surface area contributed by atoms with Crippen LogP contribution in [0.5, 0.6) is 0 Å². The summed E-state index contributed by atoms with van der Waals surface area (Å²) >= 11 is 0. The van der Waals surface area contributed by atoms with E-state index in [0.717, 1.165) is 5.69 Å². The van der Waals surface area contributed by atoms with Crippen LogP contribution in [-0.2, 0) is 22.7 Å². The van der Waals surface area contributed by atoms with E-state index in [9.17, 15) is 4.91 Å². The second-order valence-electron chi connectivity index (χ2n) is 2.69. The summed E-state index contributed by atoms with van der Waals surface area (Å²) in [4.78, 5) is 16.1. The van der Waals surface area contributed by atoms with Crippen molar-refractivity contribution >= 4 is 5.69 Å². The van der Waals surface area contributed by atoms with Crippen LogP contribution in [0.4, 0.5) is 5.69 Å². The summed E-state index contributed by atoms with van der Waals surface area (Å²) in [5.41, 5.74) is 1.19. The van der Waals surface area contributed by atoms with E-state index in [-0.39, 0.29) is 0 Å². The van der Waals surface area contributed by atoms with Gasteiger partial charge in [-0.1, -0.05) is 0 Å². The molecule has 0 radical (unpaired) electrons. The van der Waals surface area contributed by atoms with Gasteiger partial charge < -0.3 is 4.74 Å². The third-order valence-electron chi connectivity index (χ3n) is 1.98. The van der Waals surface area contributed by atoms with Crippen LogP contribution in [0.25, 0.3) is 0 Å². The quantitative estimate of drug-likeness (QED) is 0.624. The smallest absolute Gasteiger partial charge is 0.359 e. The van der Waals surface area contributed by atoms with Gasteiger partial charge in [-0.2, -0.15) is 5.10 Å². The summed E-state index contributed by atoms with van der Waals surface area (Å²) < 4.78 is 6.96. The lowest BCUT2D eigenvalue weighted by atomic mass is 10.3. The second-order valence-corrected chi connectivity index (χ2v) is 2.69. The maximum Gasteiger partial charge on any atom is 0.359 e. The molecule has 1 aromatic rings. The van der Waals surface area contributed by atoms with E-state index in [2.05, 4.69) is 9.94 Å². The van der Waals surface area contributed by atoms with Crippen molar-refractivity contribution in [1.82, 2.24) is 9.78 Å². The summed E-state index contributed by atoms with van der Waals surface area (Å²) in [7, 11) is 1.32. The average molecular weight is 184 g/mol. The molecule has 1 aliphatic heterocycles. The second kappa shape index (κ2) is 3.14. The SMILES string of the molecule is CO[N+](=O)c1cnn2c1COCC2. The molecule has 1 aromatic heterocycles. The van der Waals surface area contributed by atoms with Gasteiger partial charge in [0.05, 0.1) is 24.7 Å². The topological polar surface area (TPSA) is 56.4 Å². The van der Waals surface area contributed by atoms with Crippen LogP contribution in [-0.4, -0.2) is 28.4 Å². The van der Waals surface area contributed by atoms with Gasteiger partial charge >= 0.3 is 5.69 Å². The highest BCUT2D eigenvalue weighted by Gasteiger charge is 2.27. The summed E-state index contributed by atoms with van der Waals surface area (Å²) in [5, 5.41) is 4.04. The lowest BCUT2D eigenvalue weighted by Crippen LogP contribution is -2.18. The van der Waals surface area contributed by atoms with Gasteiger partial charge in [0.2, 0.25) is 0 Å². The molecule has 0 saturated heterocycles. The lowest BCUT2D eigenvalue weighted by Gasteiger charge is -2.12. The molecular formula is C7H10N3O3+. The van der Waals surface area contributed by atoms with Crippen molar-refractivity contribution < 1.29 is 14.5 Å². The average Bonchev–Trinajstić information content (AvgIpc) is 2.60. The van der Waals surface area contributed by atoms with Crippen LogP contribution in [0, 0.1) is 4.91 Å². The van der Waals surface area contributed by atoms with Gasteiger partial charge in [-0.15, -0.1) is 0 Å². The first-order chi connectivity index (χ1) is 6.33. The first-order valence-corrected chi connectivity index (χ1v) is 3.96. The van der Waals surface area contributed by atoms with E-state index in [1.165, 1.54) is 13.3 Å². The predicted molar refractivity (Wildman–Crippen MR) is 42.2 cm³/mol. The minimum atomic E-state index is 0.414. The van der Waals surface area contributed by atoms with Crippen LogP contribution in [0.2, 0.25) is 0 Å². The summed E-state index contributed by atoms with van der Waals surface area (Å²) in [6, 6.07) is 0. The molecule has 1 aliphatic rings. The van der Waals surface area contributed by atoms with Crippen LogP contribution < -0.4 is 0 Å². The van der Waals surface area contributed by atoms with Crippen LogP contribution in [0.3, 0.4) is 0 Å². The lowest BCUT2D eigenvalue weighted by molar-refractivity contribution is -0.737. The third-order valence-corrected chi connectivity index (χ3v) is 1.98. The maximum atomic E-state index is 11.1. The Hall–Kier alpha value is -1.43. The Bertz CT molecular complexity index is 334. The fourth-order valence-corrected chi connectivity index (χ4v) is 1.31. The molecule has 0 atom stereocenters. The number of ether oxygens (including phenoxy) is 1. The van der Waals surface area contributed by atoms with Crippen LogP contribution >= 0.6 is 0 Å². The Morgan fingerprint density at radius 1 is 1.77 bits per heavy atom. The number of hydrogen-bond donors (Lipinski definition) is 0. The van der Waals surface area contributed by atoms with E-state index in [0.29, 0.717) is 30.4 Å². The summed E-state index contributed by atoms with van der Waals surface area (Å²) in [5.74, 6) is 0. The largest absolute Gasteiger partial charge is 0.373 e. The van der Waals surface area contributed by atoms with E-state index >= 15 is 0 Å². The highest BCUT2D eigenvalue weighted by Crippen LogP contribution is 2.21. The highest BCUT2D eigenvalue weighted by molar-refractivity contribution is 5.32. The zero-order chi connectivity index (χ0) is 9.26. The number of hydrogen-bond acceptors (Lipinski definition) is 4. The molecule has 0 bridgehead atoms. The molecular weight excluding hydrogens is 174 g/mol. The molecule has 0 amide bonds. The van der Waals surface area contributed by atoms with Gasteiger partial charge in [0.1, 0.15) is 11.9 Å². The van der Waals surface area contributed by atoms with Crippen molar-refractivity contribution in [3.05, 3.63) is 16.8 Å². The fraction of sp³-hybridized carbons (Fsp3) is 0.571. The first kappa shape index (κ1) is 8.18. The molecule has 70 valence electrons. The number of rotatable bonds is 2. The number of nitrogens with zero attached hydrogens (tertiary/aromatic N) is 3. The van der Waals surface area contributed by atoms with E-state index in [1.807, 2.05) is 0 Å². The van der Waals surface area contributed by atoms with Gasteiger partial charge in [0.15, 0.2) is 7.11 Å². The number of aromatic nitrogens is 2. The monoisotopic (exact) mass is 184 g/mol. The van der Waals surface area contributed by atoms with E-state index < -0.39 is 0 Å². The Kier molecular flexibility index (Phi) is 1.97. The molecule has 2 rings (SSSR count). The molecule has 0 spiro atoms. The first-order valence-electron chi connectivity index (χ1n) is 3.96. The van der Waals surface area contributed by atoms with Crippen molar-refractivity contribution in [1.29, 1.82) is 0 Å². The molecule has 13 heavy (non-hydrogen) atoms. The zero-order valence-corrected chi connectivity index (χ0v) is 7.27. The Morgan fingerprint density at radius 2 is 2.62 bits per heavy atom. The minimum Gasteiger partial charge on any atom is -0.373 e. The van der Waals surface area contributed by atoms with E-state index in [1.54, 1.807) is 4.68 Å². The van der Waals surface area contributed by atoms with Crippen molar-refractivity contribution in [2.75, 3.05) is 13.7 Å². The van der Waals surface area contributed by atoms with Crippen molar-refractivity contribution in [3.63, 3.8) is 0 Å². The van der Waals surface area contributed by atoms with Crippen molar-refractivity contribution in [2.45, 2.75) is 13.2 Å². The molecule has 0 saturated carbocycles. The molecule has 6 heteroatoms. The fourth-order valence-electron chi connectivity index (χ4n) is 1.31. The zero-order valence-electron chi connectivity index (χ0n) is 7.27. The third kappa shape index (κ3) is 1.29. The number of fused-ring (bicyclic) bond motifs is 1. The van der Waals surface area contributed by atoms with Crippen molar-refractivity contribution in [3.8, 4) is 0 Å². The van der Waals surface area contributed by atoms with E-state index in [4.69, 9.17) is 4.74 Å². The van der Waals surface area contributed by atoms with Crippen LogP contribution in [0.15, 0.2) is 6.20 Å². The van der Waals surface area contributed by atoms with Gasteiger partial charge in [0, 0.05) is 0 Å². The summed E-state index contributed by atoms with van der Waals surface area (Å²) in [6.07, 6.45) is 1.49. The molecule has 0 N–H and O–H groups in total. The Morgan fingerprint density at radius 3 is 3.38 bits per heavy atom. The molecule has 2 heterocycles. The van der Waals surface area contributed by atoms with Crippen molar-refractivity contribution in [2.24, 2.45) is 0 Å². The van der Waals surface area contributed by atoms with Gasteiger partial charge in [-0.25, -0.2) is 4.84 Å². The molecule has 6 nitrogen and oxygen atoms in total. The molecule has 0 aliphatic carbocycles. The predicted octanol–water partition coefficient (Wildman–Crippen LogP) is 0.385. The van der Waals surface area contributed by atoms with Gasteiger partial charge in [0.25, 0.3) is 4.92 Å². The Labute approximate surface area is 74.6 Å². The molecule has 0 aromatic carbocycles.